The van der Waals surface area contributed by atoms with Gasteiger partial charge in [-0.1, -0.05) is 25.0 Å². The Bertz CT molecular complexity index is 180. The third-order valence-corrected chi connectivity index (χ3v) is 2.32. The van der Waals surface area contributed by atoms with E-state index in [1.165, 1.54) is 12.8 Å². The molecule has 0 amide bonds. The highest BCUT2D eigenvalue weighted by atomic mass is 16.4. The van der Waals surface area contributed by atoms with Gasteiger partial charge in [-0.05, 0) is 25.7 Å². The van der Waals surface area contributed by atoms with Crippen LogP contribution in [0.2, 0.25) is 0 Å². The lowest BCUT2D eigenvalue weighted by Gasteiger charge is -2.07. The number of allylic oxidation sites excluding steroid dienone is 2. The lowest BCUT2D eigenvalue weighted by molar-refractivity contribution is -0.142. The Kier molecular flexibility index (Phi) is 3.32. The molecule has 12 heavy (non-hydrogen) atoms. The molecule has 1 N–H and O–H groups in total. The Balaban J connectivity index is 2.30. The average molecular weight is 168 g/mol. The Morgan fingerprint density at radius 3 is 2.75 bits per heavy atom. The monoisotopic (exact) mass is 168 g/mol. The van der Waals surface area contributed by atoms with Gasteiger partial charge >= 0.3 is 5.97 Å². The minimum absolute atomic E-state index is 0.145. The lowest BCUT2D eigenvalue weighted by atomic mass is 9.98. The molecule has 1 fully saturated rings. The fourth-order valence-electron chi connectivity index (χ4n) is 1.35. The molecule has 0 aromatic rings. The van der Waals surface area contributed by atoms with E-state index in [1.807, 2.05) is 19.1 Å². The van der Waals surface area contributed by atoms with E-state index in [0.29, 0.717) is 12.3 Å². The van der Waals surface area contributed by atoms with Gasteiger partial charge in [-0.3, -0.25) is 4.79 Å². The maximum Gasteiger partial charge on any atom is 0.306 e. The first kappa shape index (κ1) is 9.30. The van der Waals surface area contributed by atoms with Gasteiger partial charge in [-0.25, -0.2) is 0 Å². The average Bonchev–Trinajstić information content (AvgIpc) is 2.80. The molecule has 1 saturated carbocycles. The molecule has 1 rings (SSSR count). The molecule has 0 spiro atoms. The van der Waals surface area contributed by atoms with Crippen LogP contribution < -0.4 is 0 Å². The lowest BCUT2D eigenvalue weighted by Crippen LogP contribution is -2.13. The van der Waals surface area contributed by atoms with Gasteiger partial charge in [0.05, 0.1) is 5.92 Å². The van der Waals surface area contributed by atoms with Gasteiger partial charge < -0.3 is 5.11 Å². The summed E-state index contributed by atoms with van der Waals surface area (Å²) in [7, 11) is 0. The summed E-state index contributed by atoms with van der Waals surface area (Å²) >= 11 is 0. The highest BCUT2D eigenvalue weighted by Gasteiger charge is 2.28. The molecular formula is C10H16O2. The quantitative estimate of drug-likeness (QED) is 0.640. The zero-order valence-corrected chi connectivity index (χ0v) is 7.49. The van der Waals surface area contributed by atoms with Gasteiger partial charge in [0.25, 0.3) is 0 Å². The maximum atomic E-state index is 10.7. The second-order valence-electron chi connectivity index (χ2n) is 3.52. The number of rotatable bonds is 5. The summed E-state index contributed by atoms with van der Waals surface area (Å²) in [6.07, 6.45) is 7.91. The molecule has 1 aliphatic carbocycles. The standard InChI is InChI=1S/C10H16O2/c1-2-3-4-9(10(11)12)7-8-5-6-8/h2-3,8-9H,4-7H2,1H3,(H,11,12)/b3-2+. The number of carboxylic acids is 1. The number of aliphatic carboxylic acids is 1. The maximum absolute atomic E-state index is 10.7. The Morgan fingerprint density at radius 1 is 1.67 bits per heavy atom. The third kappa shape index (κ3) is 3.07. The predicted molar refractivity (Wildman–Crippen MR) is 47.9 cm³/mol. The summed E-state index contributed by atoms with van der Waals surface area (Å²) in [4.78, 5) is 10.7. The molecule has 1 unspecified atom stereocenters. The second kappa shape index (κ2) is 4.29. The van der Waals surface area contributed by atoms with Crippen molar-refractivity contribution in [2.75, 3.05) is 0 Å². The van der Waals surface area contributed by atoms with Gasteiger partial charge in [0, 0.05) is 0 Å². The fraction of sp³-hybridized carbons (Fsp3) is 0.700. The summed E-state index contributed by atoms with van der Waals surface area (Å²) in [5.41, 5.74) is 0. The van der Waals surface area contributed by atoms with Crippen molar-refractivity contribution in [3.05, 3.63) is 12.2 Å². The zero-order chi connectivity index (χ0) is 8.97. The summed E-state index contributed by atoms with van der Waals surface area (Å²) in [6, 6.07) is 0. The zero-order valence-electron chi connectivity index (χ0n) is 7.49. The van der Waals surface area contributed by atoms with Crippen LogP contribution in [0.3, 0.4) is 0 Å². The highest BCUT2D eigenvalue weighted by Crippen LogP contribution is 2.36. The van der Waals surface area contributed by atoms with Crippen molar-refractivity contribution >= 4 is 5.97 Å². The fourth-order valence-corrected chi connectivity index (χ4v) is 1.35. The van der Waals surface area contributed by atoms with E-state index in [4.69, 9.17) is 5.11 Å². The summed E-state index contributed by atoms with van der Waals surface area (Å²) in [6.45, 7) is 1.93. The van der Waals surface area contributed by atoms with Crippen molar-refractivity contribution in [1.82, 2.24) is 0 Å². The third-order valence-electron chi connectivity index (χ3n) is 2.32. The van der Waals surface area contributed by atoms with Crippen LogP contribution in [-0.4, -0.2) is 11.1 Å². The molecule has 1 aliphatic rings. The van der Waals surface area contributed by atoms with Crippen LogP contribution >= 0.6 is 0 Å². The van der Waals surface area contributed by atoms with Crippen LogP contribution in [0.5, 0.6) is 0 Å². The molecule has 1 atom stereocenters. The molecule has 2 nitrogen and oxygen atoms in total. The van der Waals surface area contributed by atoms with Crippen molar-refractivity contribution in [3.63, 3.8) is 0 Å². The van der Waals surface area contributed by atoms with Gasteiger partial charge in [-0.15, -0.1) is 0 Å². The molecule has 0 radical (unpaired) electrons. The predicted octanol–water partition coefficient (Wildman–Crippen LogP) is 2.45. The van der Waals surface area contributed by atoms with Crippen LogP contribution in [0.4, 0.5) is 0 Å². The topological polar surface area (TPSA) is 37.3 Å². The minimum atomic E-state index is -0.639. The first-order chi connectivity index (χ1) is 5.74. The molecule has 0 heterocycles. The van der Waals surface area contributed by atoms with E-state index < -0.39 is 5.97 Å². The molecule has 68 valence electrons. The van der Waals surface area contributed by atoms with Crippen molar-refractivity contribution in [2.24, 2.45) is 11.8 Å². The van der Waals surface area contributed by atoms with Crippen LogP contribution in [-0.2, 0) is 4.79 Å². The van der Waals surface area contributed by atoms with Crippen molar-refractivity contribution < 1.29 is 9.90 Å². The number of carboxylic acid groups (broad SMARTS) is 1. The van der Waals surface area contributed by atoms with Gasteiger partial charge in [-0.2, -0.15) is 0 Å². The number of hydrogen-bond acceptors (Lipinski definition) is 1. The normalized spacial score (nSPS) is 19.8. The molecule has 0 aliphatic heterocycles. The van der Waals surface area contributed by atoms with Gasteiger partial charge in [0.2, 0.25) is 0 Å². The summed E-state index contributed by atoms with van der Waals surface area (Å²) in [5.74, 6) is -0.0787. The van der Waals surface area contributed by atoms with E-state index in [1.54, 1.807) is 0 Å². The highest BCUT2D eigenvalue weighted by molar-refractivity contribution is 5.70. The van der Waals surface area contributed by atoms with Crippen molar-refractivity contribution in [2.45, 2.75) is 32.6 Å². The van der Waals surface area contributed by atoms with E-state index in [9.17, 15) is 4.79 Å². The Morgan fingerprint density at radius 2 is 2.33 bits per heavy atom. The van der Waals surface area contributed by atoms with Gasteiger partial charge in [0.1, 0.15) is 0 Å². The summed E-state index contributed by atoms with van der Waals surface area (Å²) < 4.78 is 0. The molecular weight excluding hydrogens is 152 g/mol. The smallest absolute Gasteiger partial charge is 0.306 e. The van der Waals surface area contributed by atoms with Crippen LogP contribution in [0.15, 0.2) is 12.2 Å². The van der Waals surface area contributed by atoms with Crippen LogP contribution in [0, 0.1) is 11.8 Å². The molecule has 0 aromatic carbocycles. The first-order valence-electron chi connectivity index (χ1n) is 4.58. The van der Waals surface area contributed by atoms with E-state index in [-0.39, 0.29) is 5.92 Å². The minimum Gasteiger partial charge on any atom is -0.481 e. The van der Waals surface area contributed by atoms with Crippen molar-refractivity contribution in [3.8, 4) is 0 Å². The Hall–Kier alpha value is -0.790. The van der Waals surface area contributed by atoms with Gasteiger partial charge in [0.15, 0.2) is 0 Å². The van der Waals surface area contributed by atoms with E-state index in [0.717, 1.165) is 6.42 Å². The van der Waals surface area contributed by atoms with E-state index >= 15 is 0 Å². The van der Waals surface area contributed by atoms with E-state index in [2.05, 4.69) is 0 Å². The van der Waals surface area contributed by atoms with Crippen LogP contribution in [0.1, 0.15) is 32.6 Å². The number of carbonyl (C=O) groups is 1. The Labute approximate surface area is 73.3 Å². The molecule has 0 bridgehead atoms. The SMILES string of the molecule is C/C=C/CC(CC1CC1)C(=O)O. The van der Waals surface area contributed by atoms with Crippen molar-refractivity contribution in [1.29, 1.82) is 0 Å². The largest absolute Gasteiger partial charge is 0.481 e. The van der Waals surface area contributed by atoms with Crippen LogP contribution in [0.25, 0.3) is 0 Å². The second-order valence-corrected chi connectivity index (χ2v) is 3.52. The number of hydrogen-bond donors (Lipinski definition) is 1. The molecule has 0 saturated heterocycles. The first-order valence-corrected chi connectivity index (χ1v) is 4.58. The molecule has 0 aromatic heterocycles. The molecule has 2 heteroatoms. The summed E-state index contributed by atoms with van der Waals surface area (Å²) in [5, 5.41) is 8.84.